The number of hydrogen-bond donors (Lipinski definition) is 0. The van der Waals surface area contributed by atoms with E-state index in [1.165, 1.54) is 24.1 Å². The number of hydrogen-bond acceptors (Lipinski definition) is 6. The second-order valence-electron chi connectivity index (χ2n) is 8.26. The number of methoxy groups -OCH3 is 1. The Bertz CT molecular complexity index is 945. The molecule has 0 saturated carbocycles. The van der Waals surface area contributed by atoms with E-state index in [2.05, 4.69) is 0 Å². The number of carbonyl (C=O) groups is 2. The van der Waals surface area contributed by atoms with Gasteiger partial charge in [-0.2, -0.15) is 0 Å². The van der Waals surface area contributed by atoms with E-state index in [4.69, 9.17) is 14.2 Å². The molecule has 2 aromatic rings. The van der Waals surface area contributed by atoms with Crippen LogP contribution >= 0.6 is 11.3 Å². The first-order valence-electron chi connectivity index (χ1n) is 11.2. The molecule has 2 amide bonds. The van der Waals surface area contributed by atoms with Gasteiger partial charge < -0.3 is 24.0 Å². The highest BCUT2D eigenvalue weighted by Gasteiger charge is 2.34. The van der Waals surface area contributed by atoms with Gasteiger partial charge in [0.2, 0.25) is 11.8 Å². The van der Waals surface area contributed by atoms with Crippen LogP contribution in [0.3, 0.4) is 0 Å². The Balaban J connectivity index is 1.48. The Hall–Kier alpha value is -2.49. The van der Waals surface area contributed by atoms with Crippen molar-refractivity contribution in [1.29, 1.82) is 0 Å². The second-order valence-corrected chi connectivity index (χ2v) is 9.26. The van der Waals surface area contributed by atoms with Gasteiger partial charge in [-0.15, -0.1) is 11.3 Å². The average molecular weight is 477 g/mol. The van der Waals surface area contributed by atoms with Crippen LogP contribution in [0.4, 0.5) is 4.39 Å². The van der Waals surface area contributed by atoms with Gasteiger partial charge in [0.05, 0.1) is 18.7 Å². The van der Waals surface area contributed by atoms with Gasteiger partial charge in [0, 0.05) is 31.7 Å². The number of nitrogens with zero attached hydrogens (tertiary/aromatic N) is 2. The molecule has 1 fully saturated rings. The Kier molecular flexibility index (Phi) is 7.95. The van der Waals surface area contributed by atoms with Gasteiger partial charge in [0.15, 0.2) is 0 Å². The summed E-state index contributed by atoms with van der Waals surface area (Å²) in [4.78, 5) is 30.7. The lowest BCUT2D eigenvalue weighted by atomic mass is 10.0. The van der Waals surface area contributed by atoms with E-state index in [1.54, 1.807) is 33.3 Å². The minimum Gasteiger partial charge on any atom is -0.491 e. The lowest BCUT2D eigenvalue weighted by Gasteiger charge is -2.37. The zero-order valence-electron chi connectivity index (χ0n) is 18.7. The fraction of sp³-hybridized carbons (Fsp3) is 0.500. The first-order chi connectivity index (χ1) is 16.0. The average Bonchev–Trinajstić information content (AvgIpc) is 3.50. The van der Waals surface area contributed by atoms with Crippen molar-refractivity contribution in [3.8, 4) is 5.75 Å². The second kappa shape index (κ2) is 11.1. The summed E-state index contributed by atoms with van der Waals surface area (Å²) in [6.07, 6.45) is 2.55. The molecule has 1 aromatic carbocycles. The van der Waals surface area contributed by atoms with E-state index in [0.717, 1.165) is 24.8 Å². The lowest BCUT2D eigenvalue weighted by molar-refractivity contribution is -0.145. The van der Waals surface area contributed by atoms with Gasteiger partial charge in [0.25, 0.3) is 0 Å². The lowest BCUT2D eigenvalue weighted by Crippen LogP contribution is -2.49. The molecule has 0 N–H and O–H groups in total. The van der Waals surface area contributed by atoms with Crippen LogP contribution in [0.5, 0.6) is 5.75 Å². The van der Waals surface area contributed by atoms with E-state index in [0.29, 0.717) is 25.4 Å². The van der Waals surface area contributed by atoms with Crippen molar-refractivity contribution in [2.24, 2.45) is 0 Å². The van der Waals surface area contributed by atoms with Crippen molar-refractivity contribution < 1.29 is 28.2 Å². The molecule has 0 spiro atoms. The summed E-state index contributed by atoms with van der Waals surface area (Å²) >= 11 is 1.67. The number of benzene rings is 1. The Morgan fingerprint density at radius 1 is 1.27 bits per heavy atom. The van der Waals surface area contributed by atoms with E-state index in [-0.39, 0.29) is 49.5 Å². The molecule has 0 radical (unpaired) electrons. The molecule has 1 saturated heterocycles. The van der Waals surface area contributed by atoms with Crippen LogP contribution < -0.4 is 4.74 Å². The number of halogens is 1. The number of amides is 2. The molecule has 178 valence electrons. The zero-order chi connectivity index (χ0) is 23.2. The predicted molar refractivity (Wildman–Crippen MR) is 122 cm³/mol. The van der Waals surface area contributed by atoms with Gasteiger partial charge in [-0.05, 0) is 60.5 Å². The number of ether oxygens (including phenoxy) is 3. The molecule has 2 unspecified atom stereocenters. The number of rotatable bonds is 9. The SMILES string of the molecule is COCC(=O)N(CC(=O)N1CCc2sccc2C1COc1ccc(F)cc1)CC1CCCO1. The van der Waals surface area contributed by atoms with Crippen molar-refractivity contribution in [2.45, 2.75) is 31.4 Å². The third-order valence-corrected chi connectivity index (χ3v) is 7.03. The van der Waals surface area contributed by atoms with Gasteiger partial charge in [-0.25, -0.2) is 4.39 Å². The summed E-state index contributed by atoms with van der Waals surface area (Å²) in [5.74, 6) is -0.152. The third kappa shape index (κ3) is 5.90. The molecule has 33 heavy (non-hydrogen) atoms. The highest BCUT2D eigenvalue weighted by atomic mass is 32.1. The highest BCUT2D eigenvalue weighted by Crippen LogP contribution is 2.34. The number of thiophene rings is 1. The molecule has 4 rings (SSSR count). The summed E-state index contributed by atoms with van der Waals surface area (Å²) in [6.45, 7) is 1.75. The Morgan fingerprint density at radius 3 is 2.82 bits per heavy atom. The topological polar surface area (TPSA) is 68.3 Å². The minimum atomic E-state index is -0.330. The molecule has 0 bridgehead atoms. The molecule has 7 nitrogen and oxygen atoms in total. The zero-order valence-corrected chi connectivity index (χ0v) is 19.5. The van der Waals surface area contributed by atoms with Crippen molar-refractivity contribution in [3.63, 3.8) is 0 Å². The van der Waals surface area contributed by atoms with E-state index in [1.807, 2.05) is 11.4 Å². The minimum absolute atomic E-state index is 0.0332. The Labute approximate surface area is 197 Å². The normalized spacial score (nSPS) is 19.9. The van der Waals surface area contributed by atoms with Crippen LogP contribution in [0.1, 0.15) is 29.3 Å². The largest absolute Gasteiger partial charge is 0.491 e. The molecule has 0 aliphatic carbocycles. The fourth-order valence-electron chi connectivity index (χ4n) is 4.34. The predicted octanol–water partition coefficient (Wildman–Crippen LogP) is 3.05. The molecule has 1 aromatic heterocycles. The summed E-state index contributed by atoms with van der Waals surface area (Å²) in [5, 5.41) is 2.02. The van der Waals surface area contributed by atoms with Crippen molar-refractivity contribution in [1.82, 2.24) is 9.80 Å². The molecule has 9 heteroatoms. The van der Waals surface area contributed by atoms with Crippen LogP contribution in [0.2, 0.25) is 0 Å². The molecular weight excluding hydrogens is 447 g/mol. The number of carbonyl (C=O) groups excluding carboxylic acids is 2. The standard InChI is InChI=1S/C24H29FN2O5S/c1-30-16-24(29)26(13-19-3-2-11-31-19)14-23(28)27-10-8-22-20(9-12-33-22)21(27)15-32-18-6-4-17(25)5-7-18/h4-7,9,12,19,21H,2-3,8,10-11,13-16H2,1H3. The first-order valence-corrected chi connectivity index (χ1v) is 12.1. The van der Waals surface area contributed by atoms with Crippen LogP contribution in [0.25, 0.3) is 0 Å². The van der Waals surface area contributed by atoms with Gasteiger partial charge >= 0.3 is 0 Å². The van der Waals surface area contributed by atoms with Crippen molar-refractivity contribution >= 4 is 23.2 Å². The van der Waals surface area contributed by atoms with E-state index >= 15 is 0 Å². The van der Waals surface area contributed by atoms with E-state index < -0.39 is 0 Å². The van der Waals surface area contributed by atoms with Gasteiger partial charge in [-0.1, -0.05) is 0 Å². The smallest absolute Gasteiger partial charge is 0.249 e. The quantitative estimate of drug-likeness (QED) is 0.557. The van der Waals surface area contributed by atoms with Gasteiger partial charge in [0.1, 0.15) is 24.8 Å². The summed E-state index contributed by atoms with van der Waals surface area (Å²) in [6, 6.07) is 7.59. The maximum absolute atomic E-state index is 13.4. The van der Waals surface area contributed by atoms with Crippen molar-refractivity contribution in [3.05, 3.63) is 52.0 Å². The van der Waals surface area contributed by atoms with Crippen LogP contribution in [0.15, 0.2) is 35.7 Å². The summed E-state index contributed by atoms with van der Waals surface area (Å²) < 4.78 is 29.9. The molecule has 3 heterocycles. The third-order valence-electron chi connectivity index (χ3n) is 6.03. The maximum Gasteiger partial charge on any atom is 0.249 e. The van der Waals surface area contributed by atoms with Crippen molar-refractivity contribution in [2.75, 3.05) is 46.6 Å². The summed E-state index contributed by atoms with van der Waals surface area (Å²) in [7, 11) is 1.47. The molecule has 2 aliphatic rings. The van der Waals surface area contributed by atoms with Crippen LogP contribution in [-0.2, 0) is 25.5 Å². The fourth-order valence-corrected chi connectivity index (χ4v) is 5.27. The summed E-state index contributed by atoms with van der Waals surface area (Å²) in [5.41, 5.74) is 1.07. The molecule has 2 aliphatic heterocycles. The maximum atomic E-state index is 13.4. The van der Waals surface area contributed by atoms with Crippen LogP contribution in [-0.4, -0.2) is 74.3 Å². The first kappa shape index (κ1) is 23.7. The van der Waals surface area contributed by atoms with E-state index in [9.17, 15) is 14.0 Å². The van der Waals surface area contributed by atoms with Crippen LogP contribution in [0, 0.1) is 5.82 Å². The number of fused-ring (bicyclic) bond motifs is 1. The molecule has 2 atom stereocenters. The monoisotopic (exact) mass is 476 g/mol. The molecular formula is C24H29FN2O5S. The Morgan fingerprint density at radius 2 is 2.09 bits per heavy atom. The highest BCUT2D eigenvalue weighted by molar-refractivity contribution is 7.10. The van der Waals surface area contributed by atoms with Gasteiger partial charge in [-0.3, -0.25) is 9.59 Å².